The van der Waals surface area contributed by atoms with Crippen molar-refractivity contribution in [3.63, 3.8) is 0 Å². The van der Waals surface area contributed by atoms with Crippen molar-refractivity contribution >= 4 is 10.0 Å². The van der Waals surface area contributed by atoms with Crippen LogP contribution in [0.2, 0.25) is 0 Å². The summed E-state index contributed by atoms with van der Waals surface area (Å²) < 4.78 is 26.9. The number of rotatable bonds is 2. The zero-order valence-electron chi connectivity index (χ0n) is 11.2. The smallest absolute Gasteiger partial charge is 0.207 e. The fraction of sp³-hybridized carbons (Fsp3) is 0.500. The van der Waals surface area contributed by atoms with E-state index in [0.29, 0.717) is 18.0 Å². The molecular weight excluding hydrogens is 246 g/mol. The van der Waals surface area contributed by atoms with Crippen LogP contribution in [-0.2, 0) is 10.0 Å². The summed E-state index contributed by atoms with van der Waals surface area (Å²) in [5.74, 6) is 0. The third-order valence-corrected chi connectivity index (χ3v) is 5.57. The van der Waals surface area contributed by atoms with Crippen LogP contribution < -0.4 is 0 Å². The normalized spacial score (nSPS) is 17.9. The molecule has 0 N–H and O–H groups in total. The van der Waals surface area contributed by atoms with E-state index >= 15 is 0 Å². The minimum Gasteiger partial charge on any atom is -0.207 e. The monoisotopic (exact) mass is 266 g/mol. The fourth-order valence-corrected chi connectivity index (χ4v) is 4.55. The van der Waals surface area contributed by atoms with E-state index < -0.39 is 10.0 Å². The molecule has 0 atom stereocenters. The van der Waals surface area contributed by atoms with Crippen molar-refractivity contribution in [3.8, 4) is 0 Å². The maximum atomic E-state index is 12.7. The Bertz CT molecular complexity index is 520. The lowest BCUT2D eigenvalue weighted by molar-refractivity contribution is 0.383. The van der Waals surface area contributed by atoms with Crippen molar-refractivity contribution < 1.29 is 8.42 Å². The molecular formula is C14H20NO2S. The summed E-state index contributed by atoms with van der Waals surface area (Å²) in [7, 11) is -3.33. The maximum absolute atomic E-state index is 12.7. The third-order valence-electron chi connectivity index (χ3n) is 3.37. The van der Waals surface area contributed by atoms with E-state index in [0.717, 1.165) is 29.5 Å². The molecule has 0 aliphatic carbocycles. The first kappa shape index (κ1) is 13.6. The Balaban J connectivity index is 2.47. The molecule has 99 valence electrons. The van der Waals surface area contributed by atoms with Crippen molar-refractivity contribution in [2.45, 2.75) is 38.5 Å². The topological polar surface area (TPSA) is 37.4 Å². The molecule has 0 spiro atoms. The van der Waals surface area contributed by atoms with Crippen LogP contribution in [0.5, 0.6) is 0 Å². The molecule has 1 aliphatic heterocycles. The minimum absolute atomic E-state index is 0.495. The quantitative estimate of drug-likeness (QED) is 0.825. The van der Waals surface area contributed by atoms with Gasteiger partial charge in [0.25, 0.3) is 0 Å². The second kappa shape index (κ2) is 5.02. The predicted octanol–water partition coefficient (Wildman–Crippen LogP) is 2.60. The van der Waals surface area contributed by atoms with E-state index in [2.05, 4.69) is 6.42 Å². The number of nitrogens with zero attached hydrogens (tertiary/aromatic N) is 1. The first-order chi connectivity index (χ1) is 8.43. The number of hydrogen-bond acceptors (Lipinski definition) is 2. The highest BCUT2D eigenvalue weighted by Crippen LogP contribution is 2.26. The van der Waals surface area contributed by atoms with Crippen molar-refractivity contribution in [1.29, 1.82) is 0 Å². The van der Waals surface area contributed by atoms with E-state index in [-0.39, 0.29) is 0 Å². The SMILES string of the molecule is Cc1cc(C)c(S(=O)(=O)N2CC[CH]CC2)c(C)c1. The lowest BCUT2D eigenvalue weighted by atomic mass is 10.1. The largest absolute Gasteiger partial charge is 0.243 e. The number of benzene rings is 1. The Morgan fingerprint density at radius 3 is 2.00 bits per heavy atom. The van der Waals surface area contributed by atoms with Gasteiger partial charge in [-0.15, -0.1) is 0 Å². The molecule has 0 bridgehead atoms. The average molecular weight is 266 g/mol. The Morgan fingerprint density at radius 2 is 1.50 bits per heavy atom. The summed E-state index contributed by atoms with van der Waals surface area (Å²) in [6.45, 7) is 6.96. The molecule has 2 rings (SSSR count). The second-order valence-electron chi connectivity index (χ2n) is 5.00. The zero-order valence-corrected chi connectivity index (χ0v) is 12.0. The molecule has 1 aliphatic rings. The standard InChI is InChI=1S/C14H20NO2S/c1-11-9-12(2)14(13(3)10-11)18(16,17)15-7-5-4-6-8-15/h4,9-10H,5-8H2,1-3H3. The molecule has 1 aromatic rings. The third kappa shape index (κ3) is 2.45. The van der Waals surface area contributed by atoms with Gasteiger partial charge in [0.05, 0.1) is 4.90 Å². The van der Waals surface area contributed by atoms with Gasteiger partial charge in [0.15, 0.2) is 0 Å². The summed E-state index contributed by atoms with van der Waals surface area (Å²) in [6, 6.07) is 3.88. The van der Waals surface area contributed by atoms with E-state index in [1.54, 1.807) is 4.31 Å². The van der Waals surface area contributed by atoms with E-state index in [1.165, 1.54) is 0 Å². The lowest BCUT2D eigenvalue weighted by Gasteiger charge is -2.27. The van der Waals surface area contributed by atoms with Crippen LogP contribution in [0.1, 0.15) is 29.5 Å². The van der Waals surface area contributed by atoms with Gasteiger partial charge in [-0.3, -0.25) is 0 Å². The van der Waals surface area contributed by atoms with Crippen molar-refractivity contribution in [3.05, 3.63) is 35.2 Å². The van der Waals surface area contributed by atoms with Crippen LogP contribution in [-0.4, -0.2) is 25.8 Å². The van der Waals surface area contributed by atoms with Crippen LogP contribution >= 0.6 is 0 Å². The first-order valence-electron chi connectivity index (χ1n) is 6.32. The number of aryl methyl sites for hydroxylation is 3. The minimum atomic E-state index is -3.33. The second-order valence-corrected chi connectivity index (χ2v) is 6.87. The average Bonchev–Trinajstić information content (AvgIpc) is 2.28. The van der Waals surface area contributed by atoms with E-state index in [4.69, 9.17) is 0 Å². The molecule has 1 fully saturated rings. The van der Waals surface area contributed by atoms with Gasteiger partial charge in [-0.2, -0.15) is 4.31 Å². The van der Waals surface area contributed by atoms with Gasteiger partial charge in [-0.05, 0) is 51.2 Å². The molecule has 0 amide bonds. The van der Waals surface area contributed by atoms with Crippen LogP contribution in [0.4, 0.5) is 0 Å². The van der Waals surface area contributed by atoms with E-state index in [9.17, 15) is 8.42 Å². The molecule has 3 nitrogen and oxygen atoms in total. The molecule has 1 radical (unpaired) electrons. The highest BCUT2D eigenvalue weighted by Gasteiger charge is 2.28. The van der Waals surface area contributed by atoms with Crippen molar-refractivity contribution in [2.24, 2.45) is 0 Å². The fourth-order valence-electron chi connectivity index (χ4n) is 2.67. The van der Waals surface area contributed by atoms with Crippen LogP contribution in [0.25, 0.3) is 0 Å². The molecule has 4 heteroatoms. The summed E-state index contributed by atoms with van der Waals surface area (Å²) in [6.07, 6.45) is 3.85. The summed E-state index contributed by atoms with van der Waals surface area (Å²) in [4.78, 5) is 0.495. The molecule has 0 unspecified atom stereocenters. The van der Waals surface area contributed by atoms with Crippen LogP contribution in [0.15, 0.2) is 17.0 Å². The first-order valence-corrected chi connectivity index (χ1v) is 7.76. The zero-order chi connectivity index (χ0) is 13.3. The van der Waals surface area contributed by atoms with Gasteiger partial charge in [0, 0.05) is 13.1 Å². The van der Waals surface area contributed by atoms with Gasteiger partial charge < -0.3 is 0 Å². The Kier molecular flexibility index (Phi) is 3.78. The number of piperidine rings is 1. The summed E-state index contributed by atoms with van der Waals surface area (Å²) in [5.41, 5.74) is 2.81. The highest BCUT2D eigenvalue weighted by atomic mass is 32.2. The Labute approximate surface area is 110 Å². The van der Waals surface area contributed by atoms with Gasteiger partial charge in [-0.25, -0.2) is 8.42 Å². The molecule has 0 saturated carbocycles. The van der Waals surface area contributed by atoms with Gasteiger partial charge in [-0.1, -0.05) is 17.7 Å². The Hall–Kier alpha value is -0.870. The predicted molar refractivity (Wildman–Crippen MR) is 72.9 cm³/mol. The molecule has 0 aromatic heterocycles. The van der Waals surface area contributed by atoms with Gasteiger partial charge in [0.1, 0.15) is 0 Å². The summed E-state index contributed by atoms with van der Waals surface area (Å²) >= 11 is 0. The van der Waals surface area contributed by atoms with Gasteiger partial charge in [0.2, 0.25) is 10.0 Å². The maximum Gasteiger partial charge on any atom is 0.243 e. The highest BCUT2D eigenvalue weighted by molar-refractivity contribution is 7.89. The van der Waals surface area contributed by atoms with E-state index in [1.807, 2.05) is 32.9 Å². The molecule has 1 aromatic carbocycles. The molecule has 1 heterocycles. The summed E-state index contributed by atoms with van der Waals surface area (Å²) in [5, 5.41) is 0. The van der Waals surface area contributed by atoms with Gasteiger partial charge >= 0.3 is 0 Å². The number of sulfonamides is 1. The van der Waals surface area contributed by atoms with Crippen LogP contribution in [0, 0.1) is 27.2 Å². The molecule has 1 saturated heterocycles. The van der Waals surface area contributed by atoms with Crippen molar-refractivity contribution in [2.75, 3.05) is 13.1 Å². The molecule has 18 heavy (non-hydrogen) atoms. The van der Waals surface area contributed by atoms with Crippen molar-refractivity contribution in [1.82, 2.24) is 4.31 Å². The Morgan fingerprint density at radius 1 is 1.00 bits per heavy atom. The van der Waals surface area contributed by atoms with Crippen LogP contribution in [0.3, 0.4) is 0 Å². The number of hydrogen-bond donors (Lipinski definition) is 0. The lowest BCUT2D eigenvalue weighted by Crippen LogP contribution is -2.36.